The molecular formula is C19H30BrN3O5. The van der Waals surface area contributed by atoms with Crippen LogP contribution in [0.4, 0.5) is 0 Å². The lowest BCUT2D eigenvalue weighted by Crippen LogP contribution is -2.57. The van der Waals surface area contributed by atoms with Gasteiger partial charge in [-0.15, -0.1) is 0 Å². The third-order valence-electron chi connectivity index (χ3n) is 5.88. The first kappa shape index (κ1) is 21.5. The number of hydrogen-bond acceptors (Lipinski definition) is 5. The van der Waals surface area contributed by atoms with E-state index in [1.165, 1.54) is 4.90 Å². The van der Waals surface area contributed by atoms with E-state index in [4.69, 9.17) is 4.74 Å². The molecule has 28 heavy (non-hydrogen) atoms. The fourth-order valence-corrected chi connectivity index (χ4v) is 5.88. The molecule has 0 aromatic rings. The van der Waals surface area contributed by atoms with E-state index in [1.807, 2.05) is 20.8 Å². The summed E-state index contributed by atoms with van der Waals surface area (Å²) in [5, 5.41) is 15.1. The molecule has 9 heteroatoms. The Balaban J connectivity index is 1.97. The molecule has 3 N–H and O–H groups in total. The highest BCUT2D eigenvalue weighted by atomic mass is 79.9. The van der Waals surface area contributed by atoms with E-state index in [0.29, 0.717) is 19.4 Å². The van der Waals surface area contributed by atoms with Crippen LogP contribution in [-0.2, 0) is 19.1 Å². The van der Waals surface area contributed by atoms with Crippen LogP contribution in [0.25, 0.3) is 0 Å². The van der Waals surface area contributed by atoms with E-state index in [0.717, 1.165) is 6.42 Å². The fraction of sp³-hybridized carbons (Fsp3) is 0.842. The van der Waals surface area contributed by atoms with Crippen molar-refractivity contribution < 1.29 is 24.2 Å². The van der Waals surface area contributed by atoms with Crippen molar-refractivity contribution in [2.45, 2.75) is 68.6 Å². The molecule has 2 bridgehead atoms. The van der Waals surface area contributed by atoms with Crippen molar-refractivity contribution >= 4 is 33.7 Å². The summed E-state index contributed by atoms with van der Waals surface area (Å²) in [5.41, 5.74) is -1.02. The molecule has 158 valence electrons. The number of nitrogens with one attached hydrogen (secondary N) is 2. The standard InChI is InChI=1S/C19H30BrN3O5/c1-4-6-21-16(25)12-13-18(27)23(7-5-8-24)15(17(26)22-10(2)3)19(13)9-11(20)14(12)28-19/h10-15,24H,4-9H2,1-3H3,(H,21,25)(H,22,26)/t11?,12-,13+,14-,15?,19?/m1/s1. The zero-order valence-corrected chi connectivity index (χ0v) is 18.2. The van der Waals surface area contributed by atoms with Crippen molar-refractivity contribution in [2.75, 3.05) is 19.7 Å². The van der Waals surface area contributed by atoms with Gasteiger partial charge in [0.25, 0.3) is 0 Å². The first-order valence-electron chi connectivity index (χ1n) is 10.1. The maximum absolute atomic E-state index is 13.4. The molecule has 0 aromatic carbocycles. The molecule has 3 saturated heterocycles. The SMILES string of the molecule is CCCNC(=O)[C@H]1[C@@H]2OC3(CC2Br)C(C(=O)NC(C)C)N(CCCO)C(=O)[C@H]13. The van der Waals surface area contributed by atoms with Crippen molar-refractivity contribution in [1.29, 1.82) is 0 Å². The van der Waals surface area contributed by atoms with Crippen molar-refractivity contribution in [3.05, 3.63) is 0 Å². The van der Waals surface area contributed by atoms with Crippen LogP contribution in [0.3, 0.4) is 0 Å². The van der Waals surface area contributed by atoms with Gasteiger partial charge in [0.05, 0.1) is 17.9 Å². The van der Waals surface area contributed by atoms with Crippen LogP contribution in [0.5, 0.6) is 0 Å². The number of fused-ring (bicyclic) bond motifs is 1. The molecule has 0 aromatic heterocycles. The molecule has 0 radical (unpaired) electrons. The Kier molecular flexibility index (Phi) is 6.36. The number of likely N-dealkylation sites (tertiary alicyclic amines) is 1. The molecule has 6 atom stereocenters. The first-order valence-corrected chi connectivity index (χ1v) is 11.0. The summed E-state index contributed by atoms with van der Waals surface area (Å²) in [6.07, 6.45) is 1.24. The minimum atomic E-state index is -1.02. The van der Waals surface area contributed by atoms with Gasteiger partial charge < -0.3 is 25.4 Å². The highest BCUT2D eigenvalue weighted by Crippen LogP contribution is 2.59. The van der Waals surface area contributed by atoms with Crippen molar-refractivity contribution in [2.24, 2.45) is 11.8 Å². The van der Waals surface area contributed by atoms with Gasteiger partial charge >= 0.3 is 0 Å². The van der Waals surface area contributed by atoms with Crippen molar-refractivity contribution in [3.63, 3.8) is 0 Å². The number of halogens is 1. The molecule has 3 unspecified atom stereocenters. The van der Waals surface area contributed by atoms with Crippen LogP contribution < -0.4 is 10.6 Å². The van der Waals surface area contributed by atoms with Gasteiger partial charge in [-0.05, 0) is 33.1 Å². The maximum Gasteiger partial charge on any atom is 0.246 e. The maximum atomic E-state index is 13.4. The molecule has 1 spiro atoms. The van der Waals surface area contributed by atoms with E-state index in [2.05, 4.69) is 26.6 Å². The molecule has 3 aliphatic rings. The lowest BCUT2D eigenvalue weighted by Gasteiger charge is -2.34. The zero-order chi connectivity index (χ0) is 20.6. The second-order valence-electron chi connectivity index (χ2n) is 8.23. The Hall–Kier alpha value is -1.19. The smallest absolute Gasteiger partial charge is 0.246 e. The predicted octanol–water partition coefficient (Wildman–Crippen LogP) is 0.168. The van der Waals surface area contributed by atoms with Crippen molar-refractivity contribution in [3.8, 4) is 0 Å². The Morgan fingerprint density at radius 2 is 2.11 bits per heavy atom. The molecule has 3 fully saturated rings. The summed E-state index contributed by atoms with van der Waals surface area (Å²) in [6, 6.07) is -0.882. The van der Waals surface area contributed by atoms with Gasteiger partial charge in [-0.1, -0.05) is 22.9 Å². The Labute approximate surface area is 173 Å². The predicted molar refractivity (Wildman–Crippen MR) is 106 cm³/mol. The third kappa shape index (κ3) is 3.35. The van der Waals surface area contributed by atoms with E-state index >= 15 is 0 Å². The molecule has 8 nitrogen and oxygen atoms in total. The molecular weight excluding hydrogens is 430 g/mol. The minimum Gasteiger partial charge on any atom is -0.396 e. The largest absolute Gasteiger partial charge is 0.396 e. The first-order chi connectivity index (χ1) is 13.3. The summed E-state index contributed by atoms with van der Waals surface area (Å²) < 4.78 is 6.31. The molecule has 3 heterocycles. The average molecular weight is 460 g/mol. The number of hydrogen-bond donors (Lipinski definition) is 3. The molecule has 3 aliphatic heterocycles. The van der Waals surface area contributed by atoms with Gasteiger partial charge in [-0.2, -0.15) is 0 Å². The summed E-state index contributed by atoms with van der Waals surface area (Å²) in [4.78, 5) is 40.7. The van der Waals surface area contributed by atoms with Crippen LogP contribution in [0.1, 0.15) is 40.0 Å². The number of amides is 3. The number of aliphatic hydroxyl groups is 1. The summed E-state index contributed by atoms with van der Waals surface area (Å²) >= 11 is 3.62. The minimum absolute atomic E-state index is 0.0784. The third-order valence-corrected chi connectivity index (χ3v) is 6.72. The molecule has 0 saturated carbocycles. The van der Waals surface area contributed by atoms with Crippen LogP contribution in [0.15, 0.2) is 0 Å². The van der Waals surface area contributed by atoms with Crippen LogP contribution in [0, 0.1) is 11.8 Å². The highest BCUT2D eigenvalue weighted by Gasteiger charge is 2.76. The zero-order valence-electron chi connectivity index (χ0n) is 16.6. The van der Waals surface area contributed by atoms with E-state index in [1.54, 1.807) is 0 Å². The second kappa shape index (κ2) is 8.28. The number of carbonyl (C=O) groups excluding carboxylic acids is 3. The lowest BCUT2D eigenvalue weighted by molar-refractivity contribution is -0.142. The topological polar surface area (TPSA) is 108 Å². The normalized spacial score (nSPS) is 36.1. The molecule has 0 aliphatic carbocycles. The van der Waals surface area contributed by atoms with Gasteiger partial charge in [0.2, 0.25) is 17.7 Å². The number of aliphatic hydroxyl groups excluding tert-OH is 1. The Bertz CT molecular complexity index is 645. The van der Waals surface area contributed by atoms with Gasteiger partial charge in [-0.3, -0.25) is 14.4 Å². The molecule has 3 rings (SSSR count). The number of nitrogens with zero attached hydrogens (tertiary/aromatic N) is 1. The van der Waals surface area contributed by atoms with Crippen LogP contribution >= 0.6 is 15.9 Å². The number of ether oxygens (including phenoxy) is 1. The van der Waals surface area contributed by atoms with Gasteiger partial charge in [0.15, 0.2) is 0 Å². The van der Waals surface area contributed by atoms with Gasteiger partial charge in [-0.25, -0.2) is 0 Å². The van der Waals surface area contributed by atoms with E-state index < -0.39 is 29.6 Å². The summed E-state index contributed by atoms with van der Waals surface area (Å²) in [5.74, 6) is -1.98. The highest BCUT2D eigenvalue weighted by molar-refractivity contribution is 9.09. The van der Waals surface area contributed by atoms with Crippen molar-refractivity contribution in [1.82, 2.24) is 15.5 Å². The van der Waals surface area contributed by atoms with Gasteiger partial charge in [0, 0.05) is 30.6 Å². The average Bonchev–Trinajstić information content (AvgIpc) is 3.21. The number of carbonyl (C=O) groups is 3. The number of alkyl halides is 1. The summed E-state index contributed by atoms with van der Waals surface area (Å²) in [7, 11) is 0. The van der Waals surface area contributed by atoms with Crippen LogP contribution in [-0.4, -0.2) is 76.0 Å². The Morgan fingerprint density at radius 1 is 1.39 bits per heavy atom. The quantitative estimate of drug-likeness (QED) is 0.448. The van der Waals surface area contributed by atoms with E-state index in [-0.39, 0.29) is 41.7 Å². The van der Waals surface area contributed by atoms with E-state index in [9.17, 15) is 19.5 Å². The molecule has 3 amide bonds. The van der Waals surface area contributed by atoms with Crippen LogP contribution in [0.2, 0.25) is 0 Å². The lowest BCUT2D eigenvalue weighted by atomic mass is 9.70. The van der Waals surface area contributed by atoms with Gasteiger partial charge in [0.1, 0.15) is 11.6 Å². The fourth-order valence-electron chi connectivity index (χ4n) is 4.94. The Morgan fingerprint density at radius 3 is 2.71 bits per heavy atom. The summed E-state index contributed by atoms with van der Waals surface area (Å²) in [6.45, 7) is 6.41. The number of rotatable bonds is 8. The monoisotopic (exact) mass is 459 g/mol. The second-order valence-corrected chi connectivity index (χ2v) is 9.40.